The van der Waals surface area contributed by atoms with Gasteiger partial charge in [0.1, 0.15) is 5.92 Å². The number of nitriles is 1. The molecule has 4 nitrogen and oxygen atoms in total. The third-order valence-electron chi connectivity index (χ3n) is 2.54. The lowest BCUT2D eigenvalue weighted by molar-refractivity contribution is 0.0982. The van der Waals surface area contributed by atoms with Crippen LogP contribution in [0, 0.1) is 25.2 Å². The molecule has 90 valence electrons. The van der Waals surface area contributed by atoms with Gasteiger partial charge in [-0.25, -0.2) is 4.98 Å². The zero-order valence-corrected chi connectivity index (χ0v) is 10.9. The van der Waals surface area contributed by atoms with Crippen LogP contribution in [0.3, 0.4) is 0 Å². The zero-order valence-electron chi connectivity index (χ0n) is 10.0. The van der Waals surface area contributed by atoms with Crippen LogP contribution < -0.4 is 0 Å². The quantitative estimate of drug-likeness (QED) is 0.793. The number of Topliss-reactive ketones (excluding diaryl/α,β-unsaturated/α-hetero) is 1. The van der Waals surface area contributed by atoms with Gasteiger partial charge in [0.25, 0.3) is 0 Å². The Kier molecular flexibility index (Phi) is 3.49. The molecule has 2 rings (SSSR count). The number of hydrogen-bond acceptors (Lipinski definition) is 5. The molecule has 5 heteroatoms. The van der Waals surface area contributed by atoms with Crippen molar-refractivity contribution in [3.05, 3.63) is 45.7 Å². The number of aromatic nitrogens is 2. The summed E-state index contributed by atoms with van der Waals surface area (Å²) in [6, 6.07) is 5.50. The molecule has 2 heterocycles. The van der Waals surface area contributed by atoms with Crippen LogP contribution in [-0.4, -0.2) is 15.8 Å². The Bertz CT molecular complexity index is 613. The summed E-state index contributed by atoms with van der Waals surface area (Å²) in [7, 11) is 0. The second kappa shape index (κ2) is 5.07. The number of pyridine rings is 1. The number of thiazole rings is 1. The Morgan fingerprint density at radius 1 is 1.50 bits per heavy atom. The van der Waals surface area contributed by atoms with Crippen molar-refractivity contribution in [1.29, 1.82) is 5.26 Å². The summed E-state index contributed by atoms with van der Waals surface area (Å²) in [5.74, 6) is -1.01. The molecule has 18 heavy (non-hydrogen) atoms. The highest BCUT2D eigenvalue weighted by Gasteiger charge is 2.25. The first kappa shape index (κ1) is 12.4. The number of nitrogens with zero attached hydrogens (tertiary/aromatic N) is 3. The Labute approximate surface area is 109 Å². The third-order valence-corrected chi connectivity index (χ3v) is 3.62. The Morgan fingerprint density at radius 2 is 2.28 bits per heavy atom. The molecule has 0 radical (unpaired) electrons. The molecule has 0 amide bonds. The van der Waals surface area contributed by atoms with Gasteiger partial charge >= 0.3 is 0 Å². The van der Waals surface area contributed by atoms with Crippen LogP contribution in [0.1, 0.15) is 31.9 Å². The van der Waals surface area contributed by atoms with Crippen LogP contribution in [-0.2, 0) is 0 Å². The SMILES string of the molecule is Cc1nc(C)c(C(=O)C(C#N)c2cccnc2)s1. The highest BCUT2D eigenvalue weighted by atomic mass is 32.1. The molecule has 0 spiro atoms. The van der Waals surface area contributed by atoms with E-state index in [9.17, 15) is 10.1 Å². The minimum Gasteiger partial charge on any atom is -0.291 e. The van der Waals surface area contributed by atoms with Crippen molar-refractivity contribution in [1.82, 2.24) is 9.97 Å². The molecule has 0 N–H and O–H groups in total. The summed E-state index contributed by atoms with van der Waals surface area (Å²) in [4.78, 5) is 21.0. The molecule has 0 aromatic carbocycles. The third kappa shape index (κ3) is 2.29. The standard InChI is InChI=1S/C13H11N3OS/c1-8-13(18-9(2)16-8)12(17)11(6-14)10-4-3-5-15-7-10/h3-5,7,11H,1-2H3. The van der Waals surface area contributed by atoms with E-state index in [1.54, 1.807) is 31.5 Å². The van der Waals surface area contributed by atoms with E-state index >= 15 is 0 Å². The van der Waals surface area contributed by atoms with E-state index in [0.717, 1.165) is 5.01 Å². The second-order valence-electron chi connectivity index (χ2n) is 3.86. The molecule has 0 fully saturated rings. The van der Waals surface area contributed by atoms with Crippen molar-refractivity contribution in [2.45, 2.75) is 19.8 Å². The van der Waals surface area contributed by atoms with Crippen LogP contribution in [0.25, 0.3) is 0 Å². The molecule has 0 aliphatic carbocycles. The number of carbonyl (C=O) groups is 1. The summed E-state index contributed by atoms with van der Waals surface area (Å²) in [6.45, 7) is 3.63. The van der Waals surface area contributed by atoms with E-state index in [1.165, 1.54) is 11.3 Å². The van der Waals surface area contributed by atoms with E-state index < -0.39 is 5.92 Å². The van der Waals surface area contributed by atoms with Crippen LogP contribution in [0.2, 0.25) is 0 Å². The van der Waals surface area contributed by atoms with Gasteiger partial charge in [-0.3, -0.25) is 9.78 Å². The number of carbonyl (C=O) groups excluding carboxylic acids is 1. The van der Waals surface area contributed by atoms with Crippen molar-refractivity contribution < 1.29 is 4.79 Å². The molecule has 0 saturated carbocycles. The molecule has 0 aliphatic rings. The van der Waals surface area contributed by atoms with Gasteiger partial charge < -0.3 is 0 Å². The van der Waals surface area contributed by atoms with E-state index in [0.29, 0.717) is 16.1 Å². The lowest BCUT2D eigenvalue weighted by Gasteiger charge is -2.06. The molecule has 0 bridgehead atoms. The van der Waals surface area contributed by atoms with Crippen molar-refractivity contribution in [3.8, 4) is 6.07 Å². The first-order chi connectivity index (χ1) is 8.63. The first-order valence-corrected chi connectivity index (χ1v) is 6.23. The van der Waals surface area contributed by atoms with Gasteiger partial charge in [-0.2, -0.15) is 5.26 Å². The van der Waals surface area contributed by atoms with Crippen LogP contribution >= 0.6 is 11.3 Å². The molecule has 2 aromatic rings. The Hall–Kier alpha value is -2.06. The van der Waals surface area contributed by atoms with Gasteiger partial charge in [0, 0.05) is 12.4 Å². The van der Waals surface area contributed by atoms with Gasteiger partial charge in [-0.1, -0.05) is 6.07 Å². The number of hydrogen-bond donors (Lipinski definition) is 0. The van der Waals surface area contributed by atoms with E-state index in [1.807, 2.05) is 13.0 Å². The summed E-state index contributed by atoms with van der Waals surface area (Å²) < 4.78 is 0. The normalized spacial score (nSPS) is 11.8. The number of rotatable bonds is 3. The summed E-state index contributed by atoms with van der Waals surface area (Å²) >= 11 is 1.33. The molecular formula is C13H11N3OS. The second-order valence-corrected chi connectivity index (χ2v) is 5.06. The molecule has 0 aliphatic heterocycles. The van der Waals surface area contributed by atoms with Gasteiger partial charge in [-0.15, -0.1) is 11.3 Å². The fraction of sp³-hybridized carbons (Fsp3) is 0.231. The number of aryl methyl sites for hydroxylation is 2. The largest absolute Gasteiger partial charge is 0.291 e. The van der Waals surface area contributed by atoms with Gasteiger partial charge in [0.05, 0.1) is 21.6 Å². The van der Waals surface area contributed by atoms with Crippen molar-refractivity contribution in [2.75, 3.05) is 0 Å². The first-order valence-electron chi connectivity index (χ1n) is 5.41. The molecule has 1 unspecified atom stereocenters. The maximum absolute atomic E-state index is 12.3. The van der Waals surface area contributed by atoms with Gasteiger partial charge in [-0.05, 0) is 25.5 Å². The maximum atomic E-state index is 12.3. The van der Waals surface area contributed by atoms with Crippen molar-refractivity contribution >= 4 is 17.1 Å². The van der Waals surface area contributed by atoms with E-state index in [4.69, 9.17) is 0 Å². The molecule has 0 saturated heterocycles. The maximum Gasteiger partial charge on any atom is 0.196 e. The fourth-order valence-corrected chi connectivity index (χ4v) is 2.61. The van der Waals surface area contributed by atoms with Crippen molar-refractivity contribution in [3.63, 3.8) is 0 Å². The zero-order chi connectivity index (χ0) is 13.1. The minimum atomic E-state index is -0.808. The van der Waals surface area contributed by atoms with Gasteiger partial charge in [0.15, 0.2) is 5.78 Å². The smallest absolute Gasteiger partial charge is 0.196 e. The van der Waals surface area contributed by atoms with Crippen LogP contribution in [0.15, 0.2) is 24.5 Å². The lowest BCUT2D eigenvalue weighted by Crippen LogP contribution is -2.11. The average Bonchev–Trinajstić information content (AvgIpc) is 2.70. The highest BCUT2D eigenvalue weighted by Crippen LogP contribution is 2.25. The molecular weight excluding hydrogens is 246 g/mol. The van der Waals surface area contributed by atoms with Crippen LogP contribution in [0.4, 0.5) is 0 Å². The van der Waals surface area contributed by atoms with Gasteiger partial charge in [0.2, 0.25) is 0 Å². The predicted octanol–water partition coefficient (Wildman–Crippen LogP) is 2.65. The average molecular weight is 257 g/mol. The lowest BCUT2D eigenvalue weighted by atomic mass is 9.96. The Morgan fingerprint density at radius 3 is 2.78 bits per heavy atom. The molecule has 1 atom stereocenters. The monoisotopic (exact) mass is 257 g/mol. The van der Waals surface area contributed by atoms with E-state index in [2.05, 4.69) is 9.97 Å². The summed E-state index contributed by atoms with van der Waals surface area (Å²) in [5.41, 5.74) is 1.31. The van der Waals surface area contributed by atoms with E-state index in [-0.39, 0.29) is 5.78 Å². The summed E-state index contributed by atoms with van der Waals surface area (Å²) in [5, 5.41) is 10.0. The van der Waals surface area contributed by atoms with Crippen LogP contribution in [0.5, 0.6) is 0 Å². The molecule has 2 aromatic heterocycles. The number of ketones is 1. The minimum absolute atomic E-state index is 0.200. The Balaban J connectivity index is 2.39. The predicted molar refractivity (Wildman–Crippen MR) is 68.5 cm³/mol. The fourth-order valence-electron chi connectivity index (χ4n) is 1.72. The summed E-state index contributed by atoms with van der Waals surface area (Å²) in [6.07, 6.45) is 3.17. The van der Waals surface area contributed by atoms with Crippen molar-refractivity contribution in [2.24, 2.45) is 0 Å². The topological polar surface area (TPSA) is 66.6 Å². The highest BCUT2D eigenvalue weighted by molar-refractivity contribution is 7.13.